The highest BCUT2D eigenvalue weighted by molar-refractivity contribution is 5.97. The van der Waals surface area contributed by atoms with Gasteiger partial charge in [0, 0.05) is 18.7 Å². The van der Waals surface area contributed by atoms with Crippen LogP contribution in [0, 0.1) is 11.7 Å². The van der Waals surface area contributed by atoms with Crippen LogP contribution in [0.25, 0.3) is 0 Å². The lowest BCUT2D eigenvalue weighted by molar-refractivity contribution is 0.307. The van der Waals surface area contributed by atoms with E-state index in [0.717, 1.165) is 12.5 Å². The minimum atomic E-state index is -0.407. The lowest BCUT2D eigenvalue weighted by Gasteiger charge is -2.17. The Morgan fingerprint density at radius 1 is 1.56 bits per heavy atom. The molecule has 0 unspecified atom stereocenters. The van der Waals surface area contributed by atoms with Crippen LogP contribution in [0.1, 0.15) is 24.0 Å². The van der Waals surface area contributed by atoms with Crippen molar-refractivity contribution in [2.24, 2.45) is 16.8 Å². The van der Waals surface area contributed by atoms with Crippen LogP contribution in [-0.4, -0.2) is 29.5 Å². The zero-order valence-electron chi connectivity index (χ0n) is 10.4. The van der Waals surface area contributed by atoms with Crippen molar-refractivity contribution >= 4 is 5.84 Å². The number of oxime groups is 1. The summed E-state index contributed by atoms with van der Waals surface area (Å²) in [4.78, 5) is 2.10. The van der Waals surface area contributed by atoms with E-state index in [4.69, 9.17) is 10.9 Å². The number of nitrogens with two attached hydrogens (primary N) is 1. The summed E-state index contributed by atoms with van der Waals surface area (Å²) in [6.07, 6.45) is 2.55. The van der Waals surface area contributed by atoms with Crippen molar-refractivity contribution in [3.63, 3.8) is 0 Å². The first-order valence-corrected chi connectivity index (χ1v) is 6.05. The third-order valence-corrected chi connectivity index (χ3v) is 3.17. The van der Waals surface area contributed by atoms with Gasteiger partial charge in [-0.15, -0.1) is 0 Å². The lowest BCUT2D eigenvalue weighted by Crippen LogP contribution is -2.22. The lowest BCUT2D eigenvalue weighted by atomic mass is 10.1. The Hall–Kier alpha value is -1.62. The number of amidine groups is 1. The third kappa shape index (κ3) is 2.98. The van der Waals surface area contributed by atoms with Crippen LogP contribution in [0.4, 0.5) is 4.39 Å². The first kappa shape index (κ1) is 12.8. The predicted octanol–water partition coefficient (Wildman–Crippen LogP) is 1.76. The minimum absolute atomic E-state index is 0.148. The second kappa shape index (κ2) is 5.35. The van der Waals surface area contributed by atoms with E-state index in [1.807, 2.05) is 7.05 Å². The maximum absolute atomic E-state index is 14.1. The fourth-order valence-electron chi connectivity index (χ4n) is 2.05. The molecule has 1 aliphatic carbocycles. The van der Waals surface area contributed by atoms with Crippen LogP contribution in [0.3, 0.4) is 0 Å². The van der Waals surface area contributed by atoms with Crippen LogP contribution >= 0.6 is 0 Å². The molecule has 0 spiro atoms. The molecule has 0 bridgehead atoms. The summed E-state index contributed by atoms with van der Waals surface area (Å²) in [5.74, 6) is 0.167. The van der Waals surface area contributed by atoms with Gasteiger partial charge in [0.05, 0.1) is 5.56 Å². The molecule has 1 aromatic rings. The number of halogens is 1. The highest BCUT2D eigenvalue weighted by Gasteiger charge is 2.23. The molecule has 1 aromatic carbocycles. The van der Waals surface area contributed by atoms with Crippen molar-refractivity contribution < 1.29 is 9.60 Å². The molecule has 3 N–H and O–H groups in total. The Labute approximate surface area is 106 Å². The average Bonchev–Trinajstić information content (AvgIpc) is 3.14. The summed E-state index contributed by atoms with van der Waals surface area (Å²) < 4.78 is 14.1. The summed E-state index contributed by atoms with van der Waals surface area (Å²) in [6.45, 7) is 1.53. The summed E-state index contributed by atoms with van der Waals surface area (Å²) in [6, 6.07) is 4.96. The highest BCUT2D eigenvalue weighted by Crippen LogP contribution is 2.29. The molecule has 2 rings (SSSR count). The van der Waals surface area contributed by atoms with Crippen LogP contribution in [0.5, 0.6) is 0 Å². The Kier molecular flexibility index (Phi) is 3.81. The number of nitrogens with zero attached hydrogens (tertiary/aromatic N) is 2. The quantitative estimate of drug-likeness (QED) is 0.363. The largest absolute Gasteiger partial charge is 0.409 e. The topological polar surface area (TPSA) is 61.8 Å². The van der Waals surface area contributed by atoms with E-state index in [2.05, 4.69) is 10.1 Å². The average molecular weight is 251 g/mol. The Morgan fingerprint density at radius 2 is 2.28 bits per heavy atom. The van der Waals surface area contributed by atoms with Crippen LogP contribution in [0.15, 0.2) is 23.4 Å². The van der Waals surface area contributed by atoms with Crippen LogP contribution in [0.2, 0.25) is 0 Å². The molecule has 0 atom stereocenters. The van der Waals surface area contributed by atoms with Crippen LogP contribution in [-0.2, 0) is 6.54 Å². The van der Waals surface area contributed by atoms with Crippen molar-refractivity contribution in [1.29, 1.82) is 0 Å². The van der Waals surface area contributed by atoms with E-state index in [9.17, 15) is 4.39 Å². The Morgan fingerprint density at radius 3 is 2.89 bits per heavy atom. The third-order valence-electron chi connectivity index (χ3n) is 3.17. The molecule has 0 aliphatic heterocycles. The standard InChI is InChI=1S/C13H18FN3O/c1-17(7-9-5-6-9)8-10-3-2-4-11(12(10)14)13(15)16-18/h2-4,9,18H,5-8H2,1H3,(H2,15,16). The molecule has 5 heteroatoms. The Balaban J connectivity index is 2.12. The molecule has 1 fully saturated rings. The van der Waals surface area contributed by atoms with Crippen molar-refractivity contribution in [2.45, 2.75) is 19.4 Å². The van der Waals surface area contributed by atoms with Crippen molar-refractivity contribution in [3.05, 3.63) is 35.1 Å². The zero-order valence-corrected chi connectivity index (χ0v) is 10.4. The maximum Gasteiger partial charge on any atom is 0.173 e. The van der Waals surface area contributed by atoms with Gasteiger partial charge in [0.1, 0.15) is 5.82 Å². The van der Waals surface area contributed by atoms with E-state index in [0.29, 0.717) is 12.1 Å². The van der Waals surface area contributed by atoms with Gasteiger partial charge in [0.15, 0.2) is 5.84 Å². The monoisotopic (exact) mass is 251 g/mol. The second-order valence-corrected chi connectivity index (χ2v) is 4.90. The van der Waals surface area contributed by atoms with E-state index in [1.165, 1.54) is 18.9 Å². The number of rotatable bonds is 5. The molecule has 98 valence electrons. The molecule has 0 radical (unpaired) electrons. The van der Waals surface area contributed by atoms with E-state index < -0.39 is 5.82 Å². The van der Waals surface area contributed by atoms with Gasteiger partial charge in [-0.1, -0.05) is 17.3 Å². The van der Waals surface area contributed by atoms with Gasteiger partial charge in [-0.3, -0.25) is 0 Å². The van der Waals surface area contributed by atoms with Gasteiger partial charge >= 0.3 is 0 Å². The number of hydrogen-bond donors (Lipinski definition) is 2. The fourth-order valence-corrected chi connectivity index (χ4v) is 2.05. The molecule has 1 aliphatic rings. The van der Waals surface area contributed by atoms with Crippen molar-refractivity contribution in [3.8, 4) is 0 Å². The highest BCUT2D eigenvalue weighted by atomic mass is 19.1. The van der Waals surface area contributed by atoms with Gasteiger partial charge in [-0.2, -0.15) is 0 Å². The van der Waals surface area contributed by atoms with E-state index >= 15 is 0 Å². The smallest absolute Gasteiger partial charge is 0.173 e. The van der Waals surface area contributed by atoms with Crippen molar-refractivity contribution in [2.75, 3.05) is 13.6 Å². The van der Waals surface area contributed by atoms with Gasteiger partial charge in [0.25, 0.3) is 0 Å². The molecule has 4 nitrogen and oxygen atoms in total. The summed E-state index contributed by atoms with van der Waals surface area (Å²) in [5.41, 5.74) is 6.15. The second-order valence-electron chi connectivity index (χ2n) is 4.90. The zero-order chi connectivity index (χ0) is 13.1. The van der Waals surface area contributed by atoms with E-state index in [-0.39, 0.29) is 11.4 Å². The molecule has 0 saturated heterocycles. The normalized spacial score (nSPS) is 16.3. The molecule has 0 aromatic heterocycles. The number of hydrogen-bond acceptors (Lipinski definition) is 3. The summed E-state index contributed by atoms with van der Waals surface area (Å²) in [7, 11) is 1.98. The molecule has 18 heavy (non-hydrogen) atoms. The predicted molar refractivity (Wildman–Crippen MR) is 68.0 cm³/mol. The molecular weight excluding hydrogens is 233 g/mol. The van der Waals surface area contributed by atoms with Crippen LogP contribution < -0.4 is 5.73 Å². The number of benzene rings is 1. The Bertz CT molecular complexity index is 458. The van der Waals surface area contributed by atoms with Crippen molar-refractivity contribution in [1.82, 2.24) is 4.90 Å². The van der Waals surface area contributed by atoms with E-state index in [1.54, 1.807) is 12.1 Å². The van der Waals surface area contributed by atoms with Gasteiger partial charge < -0.3 is 15.8 Å². The SMILES string of the molecule is CN(Cc1cccc(/C(N)=N/O)c1F)CC1CC1. The first-order chi connectivity index (χ1) is 8.61. The molecule has 0 heterocycles. The molecular formula is C13H18FN3O. The summed E-state index contributed by atoms with van der Waals surface area (Å²) >= 11 is 0. The first-order valence-electron chi connectivity index (χ1n) is 6.05. The maximum atomic E-state index is 14.1. The minimum Gasteiger partial charge on any atom is -0.409 e. The summed E-state index contributed by atoms with van der Waals surface area (Å²) in [5, 5.41) is 11.4. The van der Waals surface area contributed by atoms with Gasteiger partial charge in [-0.25, -0.2) is 4.39 Å². The fraction of sp³-hybridized carbons (Fsp3) is 0.462. The van der Waals surface area contributed by atoms with Gasteiger partial charge in [-0.05, 0) is 31.9 Å². The molecule has 0 amide bonds. The molecule has 1 saturated carbocycles. The van der Waals surface area contributed by atoms with Gasteiger partial charge in [0.2, 0.25) is 0 Å².